The number of Topliss-reactive ketones (excluding diaryl/α,β-unsaturated/α-hetero) is 1. The molecule has 2 aromatic rings. The van der Waals surface area contributed by atoms with E-state index in [1.54, 1.807) is 23.1 Å². The van der Waals surface area contributed by atoms with E-state index in [0.717, 1.165) is 5.69 Å². The molecule has 0 radical (unpaired) electrons. The highest BCUT2D eigenvalue weighted by molar-refractivity contribution is 6.51. The molecule has 0 fully saturated rings. The Morgan fingerprint density at radius 3 is 2.88 bits per heavy atom. The van der Waals surface area contributed by atoms with Crippen LogP contribution in [0, 0.1) is 6.92 Å². The van der Waals surface area contributed by atoms with Crippen molar-refractivity contribution in [1.29, 1.82) is 0 Å². The van der Waals surface area contributed by atoms with E-state index in [0.29, 0.717) is 17.1 Å². The Hall–Kier alpha value is -2.37. The molecular formula is C10H8N4O2. The van der Waals surface area contributed by atoms with Crippen molar-refractivity contribution in [3.63, 3.8) is 0 Å². The number of carbonyl (C=O) groups excluding carboxylic acids is 2. The van der Waals surface area contributed by atoms with Crippen molar-refractivity contribution in [2.75, 3.05) is 5.32 Å². The summed E-state index contributed by atoms with van der Waals surface area (Å²) in [7, 11) is 0. The fourth-order valence-corrected chi connectivity index (χ4v) is 1.88. The third-order valence-corrected chi connectivity index (χ3v) is 2.56. The molecule has 80 valence electrons. The molecule has 1 aliphatic rings. The molecule has 0 saturated carbocycles. The zero-order valence-electron chi connectivity index (χ0n) is 8.44. The number of carbonyl (C=O) groups is 2. The fraction of sp³-hybridized carbons (Fsp3) is 0.100. The summed E-state index contributed by atoms with van der Waals surface area (Å²) >= 11 is 0. The lowest BCUT2D eigenvalue weighted by Gasteiger charge is -2.02. The van der Waals surface area contributed by atoms with Gasteiger partial charge < -0.3 is 10.3 Å². The molecule has 6 heteroatoms. The number of rotatable bonds is 1. The Bertz CT molecular complexity index is 595. The van der Waals surface area contributed by atoms with E-state index >= 15 is 0 Å². The van der Waals surface area contributed by atoms with Gasteiger partial charge in [-0.15, -0.1) is 0 Å². The van der Waals surface area contributed by atoms with Gasteiger partial charge in [-0.05, 0) is 13.0 Å². The van der Waals surface area contributed by atoms with Crippen LogP contribution in [0.1, 0.15) is 16.2 Å². The van der Waals surface area contributed by atoms with Gasteiger partial charge in [0.25, 0.3) is 11.7 Å². The number of nitrogens with one attached hydrogen (secondary N) is 2. The molecule has 16 heavy (non-hydrogen) atoms. The number of H-pyrrole nitrogens is 1. The number of aromatic nitrogens is 3. The normalized spacial score (nSPS) is 14.1. The van der Waals surface area contributed by atoms with Gasteiger partial charge in [-0.1, -0.05) is 0 Å². The first kappa shape index (κ1) is 8.90. The second-order valence-electron chi connectivity index (χ2n) is 3.58. The van der Waals surface area contributed by atoms with Crippen molar-refractivity contribution >= 4 is 17.4 Å². The lowest BCUT2D eigenvalue weighted by Crippen LogP contribution is -2.14. The van der Waals surface area contributed by atoms with Gasteiger partial charge in [0.1, 0.15) is 11.4 Å². The van der Waals surface area contributed by atoms with Gasteiger partial charge in [0.05, 0.1) is 5.69 Å². The molecule has 1 aliphatic heterocycles. The van der Waals surface area contributed by atoms with Gasteiger partial charge in [0.2, 0.25) is 0 Å². The Morgan fingerprint density at radius 1 is 1.38 bits per heavy atom. The smallest absolute Gasteiger partial charge is 0.298 e. The molecule has 6 nitrogen and oxygen atoms in total. The van der Waals surface area contributed by atoms with Crippen molar-refractivity contribution in [2.45, 2.75) is 6.92 Å². The molecule has 0 unspecified atom stereocenters. The molecule has 3 heterocycles. The first-order valence-corrected chi connectivity index (χ1v) is 4.76. The highest BCUT2D eigenvalue weighted by atomic mass is 16.2. The number of nitrogens with zero attached hydrogens (tertiary/aromatic N) is 2. The summed E-state index contributed by atoms with van der Waals surface area (Å²) in [4.78, 5) is 25.6. The highest BCUT2D eigenvalue weighted by Gasteiger charge is 2.34. The molecular weight excluding hydrogens is 208 g/mol. The molecule has 0 aliphatic carbocycles. The van der Waals surface area contributed by atoms with E-state index in [-0.39, 0.29) is 0 Å². The molecule has 0 atom stereocenters. The van der Waals surface area contributed by atoms with Crippen LogP contribution >= 0.6 is 0 Å². The minimum absolute atomic E-state index is 0.313. The summed E-state index contributed by atoms with van der Waals surface area (Å²) in [6, 6.07) is 1.78. The van der Waals surface area contributed by atoms with Gasteiger partial charge in [0, 0.05) is 18.1 Å². The van der Waals surface area contributed by atoms with Crippen LogP contribution in [0.5, 0.6) is 0 Å². The summed E-state index contributed by atoms with van der Waals surface area (Å²) in [6.07, 6.45) is 3.39. The topological polar surface area (TPSA) is 79.8 Å². The van der Waals surface area contributed by atoms with Crippen molar-refractivity contribution in [1.82, 2.24) is 14.8 Å². The minimum Gasteiger partial charge on any atom is -0.352 e. The number of aryl methyl sites for hydroxylation is 1. The van der Waals surface area contributed by atoms with Crippen molar-refractivity contribution < 1.29 is 9.59 Å². The van der Waals surface area contributed by atoms with Crippen LogP contribution in [0.2, 0.25) is 0 Å². The van der Waals surface area contributed by atoms with Crippen LogP contribution in [0.4, 0.5) is 5.69 Å². The maximum absolute atomic E-state index is 11.5. The summed E-state index contributed by atoms with van der Waals surface area (Å²) in [5.41, 5.74) is 2.32. The van der Waals surface area contributed by atoms with E-state index in [2.05, 4.69) is 15.4 Å². The lowest BCUT2D eigenvalue weighted by molar-refractivity contribution is -0.112. The molecule has 2 N–H and O–H groups in total. The van der Waals surface area contributed by atoms with Gasteiger partial charge >= 0.3 is 0 Å². The van der Waals surface area contributed by atoms with Crippen LogP contribution in [0.15, 0.2) is 18.5 Å². The predicted molar refractivity (Wildman–Crippen MR) is 55.6 cm³/mol. The number of amides is 1. The SMILES string of the molecule is Cc1[nH]c2c(c1-n1cccn1)NC(=O)C2=O. The Balaban J connectivity index is 2.26. The standard InChI is InChI=1S/C10H8N4O2/c1-5-8(14-4-2-3-11-14)6-7(12-5)9(15)10(16)13-6/h2-4,12H,1H3,(H,13,15,16). The maximum Gasteiger partial charge on any atom is 0.298 e. The van der Waals surface area contributed by atoms with Crippen LogP contribution in [0.3, 0.4) is 0 Å². The van der Waals surface area contributed by atoms with Crippen LogP contribution < -0.4 is 5.32 Å². The highest BCUT2D eigenvalue weighted by Crippen LogP contribution is 2.32. The summed E-state index contributed by atoms with van der Waals surface area (Å²) in [5, 5.41) is 6.63. The Labute approximate surface area is 90.3 Å². The molecule has 3 rings (SSSR count). The first-order valence-electron chi connectivity index (χ1n) is 4.76. The molecule has 0 spiro atoms. The van der Waals surface area contributed by atoms with Gasteiger partial charge in [-0.3, -0.25) is 9.59 Å². The summed E-state index contributed by atoms with van der Waals surface area (Å²) in [5.74, 6) is -1.13. The number of fused-ring (bicyclic) bond motifs is 1. The minimum atomic E-state index is -0.602. The average molecular weight is 216 g/mol. The van der Waals surface area contributed by atoms with Crippen molar-refractivity contribution in [3.8, 4) is 5.69 Å². The van der Waals surface area contributed by atoms with E-state index in [1.807, 2.05) is 6.92 Å². The number of hydrogen-bond donors (Lipinski definition) is 2. The van der Waals surface area contributed by atoms with Crippen LogP contribution in [-0.2, 0) is 4.79 Å². The second-order valence-corrected chi connectivity index (χ2v) is 3.58. The fourth-order valence-electron chi connectivity index (χ4n) is 1.88. The van der Waals surface area contributed by atoms with Crippen LogP contribution in [0.25, 0.3) is 5.69 Å². The number of hydrogen-bond acceptors (Lipinski definition) is 3. The van der Waals surface area contributed by atoms with E-state index < -0.39 is 11.7 Å². The largest absolute Gasteiger partial charge is 0.352 e. The van der Waals surface area contributed by atoms with Crippen molar-refractivity contribution in [2.24, 2.45) is 0 Å². The second kappa shape index (κ2) is 2.82. The average Bonchev–Trinajstić information content (AvgIpc) is 2.89. The Morgan fingerprint density at radius 2 is 2.19 bits per heavy atom. The quantitative estimate of drug-likeness (QED) is 0.686. The Kier molecular flexibility index (Phi) is 1.57. The molecule has 1 amide bonds. The van der Waals surface area contributed by atoms with Gasteiger partial charge in [-0.2, -0.15) is 5.10 Å². The molecule has 0 bridgehead atoms. The monoisotopic (exact) mass is 216 g/mol. The van der Waals surface area contributed by atoms with E-state index in [4.69, 9.17) is 0 Å². The number of aromatic amines is 1. The zero-order valence-corrected chi connectivity index (χ0v) is 8.44. The first-order chi connectivity index (χ1) is 7.68. The summed E-state index contributed by atoms with van der Waals surface area (Å²) < 4.78 is 1.61. The molecule has 0 aromatic carbocycles. The molecule has 0 saturated heterocycles. The van der Waals surface area contributed by atoms with Crippen LogP contribution in [-0.4, -0.2) is 26.5 Å². The summed E-state index contributed by atoms with van der Waals surface area (Å²) in [6.45, 7) is 1.83. The third-order valence-electron chi connectivity index (χ3n) is 2.56. The third kappa shape index (κ3) is 0.979. The maximum atomic E-state index is 11.5. The van der Waals surface area contributed by atoms with E-state index in [9.17, 15) is 9.59 Å². The van der Waals surface area contributed by atoms with E-state index in [1.165, 1.54) is 0 Å². The number of anilines is 1. The predicted octanol–water partition coefficient (Wildman–Crippen LogP) is 0.644. The van der Waals surface area contributed by atoms with Gasteiger partial charge in [0.15, 0.2) is 0 Å². The van der Waals surface area contributed by atoms with Crippen molar-refractivity contribution in [3.05, 3.63) is 29.8 Å². The lowest BCUT2D eigenvalue weighted by atomic mass is 10.3. The number of ketones is 1. The molecule has 2 aromatic heterocycles. The zero-order chi connectivity index (χ0) is 11.3. The van der Waals surface area contributed by atoms with Gasteiger partial charge in [-0.25, -0.2) is 4.68 Å².